The minimum atomic E-state index is -4.15. The summed E-state index contributed by atoms with van der Waals surface area (Å²) in [5.74, 6) is -1.40. The Morgan fingerprint density at radius 2 is 1.95 bits per heavy atom. The Bertz CT molecular complexity index is 823. The maximum absolute atomic E-state index is 13.0. The van der Waals surface area contributed by atoms with Gasteiger partial charge in [0.2, 0.25) is 0 Å². The fourth-order valence-electron chi connectivity index (χ4n) is 1.41. The summed E-state index contributed by atoms with van der Waals surface area (Å²) in [6, 6.07) is 4.54. The van der Waals surface area contributed by atoms with Gasteiger partial charge in [0.1, 0.15) is 15.0 Å². The highest BCUT2D eigenvalue weighted by Gasteiger charge is 2.24. The zero-order valence-corrected chi connectivity index (χ0v) is 15.2. The van der Waals surface area contributed by atoms with Crippen LogP contribution >= 0.6 is 57.1 Å². The van der Waals surface area contributed by atoms with Crippen LogP contribution in [-0.2, 0) is 10.0 Å². The number of hydrogen-bond acceptors (Lipinski definition) is 4. The molecule has 2 aromatic rings. The lowest BCUT2D eigenvalue weighted by atomic mass is 10.2. The molecule has 1 heterocycles. The Kier molecular flexibility index (Phi) is 5.14. The van der Waals surface area contributed by atoms with Crippen LogP contribution in [0.3, 0.4) is 0 Å². The molecule has 1 amide bonds. The molecule has 0 spiro atoms. The summed E-state index contributed by atoms with van der Waals surface area (Å²) in [6.07, 6.45) is 0. The fourth-order valence-corrected chi connectivity index (χ4v) is 5.25. The van der Waals surface area contributed by atoms with Gasteiger partial charge < -0.3 is 0 Å². The average molecular weight is 480 g/mol. The van der Waals surface area contributed by atoms with Gasteiger partial charge >= 0.3 is 0 Å². The molecule has 0 aliphatic heterocycles. The van der Waals surface area contributed by atoms with Crippen LogP contribution < -0.4 is 4.72 Å². The molecule has 112 valence electrons. The van der Waals surface area contributed by atoms with Crippen molar-refractivity contribution in [2.45, 2.75) is 4.90 Å². The predicted octanol–water partition coefficient (Wildman–Crippen LogP) is 3.92. The number of sulfonamides is 1. The molecule has 0 radical (unpaired) electrons. The molecule has 0 unspecified atom stereocenters. The Balaban J connectivity index is 2.32. The van der Waals surface area contributed by atoms with E-state index in [1.54, 1.807) is 22.6 Å². The van der Waals surface area contributed by atoms with E-state index in [9.17, 15) is 17.6 Å². The molecular weight excluding hydrogens is 475 g/mol. The van der Waals surface area contributed by atoms with E-state index in [0.29, 0.717) is 0 Å². The van der Waals surface area contributed by atoms with E-state index in [4.69, 9.17) is 23.2 Å². The van der Waals surface area contributed by atoms with Gasteiger partial charge in [0.25, 0.3) is 15.9 Å². The van der Waals surface area contributed by atoms with E-state index in [1.807, 2.05) is 4.72 Å². The summed E-state index contributed by atoms with van der Waals surface area (Å²) >= 11 is 14.1. The maximum Gasteiger partial charge on any atom is 0.266 e. The molecule has 0 saturated heterocycles. The minimum absolute atomic E-state index is 0.0398. The zero-order valence-electron chi connectivity index (χ0n) is 9.86. The van der Waals surface area contributed by atoms with E-state index < -0.39 is 21.7 Å². The first-order chi connectivity index (χ1) is 9.70. The third kappa shape index (κ3) is 3.86. The van der Waals surface area contributed by atoms with Crippen molar-refractivity contribution in [3.05, 3.63) is 47.9 Å². The molecule has 1 aromatic carbocycles. The quantitative estimate of drug-likeness (QED) is 0.678. The van der Waals surface area contributed by atoms with Crippen LogP contribution in [0, 0.1) is 9.39 Å². The molecule has 21 heavy (non-hydrogen) atoms. The zero-order chi connectivity index (χ0) is 15.8. The number of amides is 1. The second-order valence-corrected chi connectivity index (χ2v) is 8.85. The number of benzene rings is 1. The van der Waals surface area contributed by atoms with Gasteiger partial charge in [-0.15, -0.1) is 11.3 Å². The van der Waals surface area contributed by atoms with Crippen molar-refractivity contribution < 1.29 is 17.6 Å². The van der Waals surface area contributed by atoms with Crippen LogP contribution in [0.1, 0.15) is 10.4 Å². The summed E-state index contributed by atoms with van der Waals surface area (Å²) in [4.78, 5) is 11.7. The monoisotopic (exact) mass is 479 g/mol. The third-order valence-electron chi connectivity index (χ3n) is 2.32. The summed E-state index contributed by atoms with van der Waals surface area (Å²) in [6.45, 7) is 0. The first-order valence-electron chi connectivity index (χ1n) is 5.18. The van der Waals surface area contributed by atoms with Gasteiger partial charge in [-0.1, -0.05) is 23.2 Å². The molecule has 0 aliphatic rings. The van der Waals surface area contributed by atoms with Gasteiger partial charge in [-0.2, -0.15) is 0 Å². The van der Waals surface area contributed by atoms with E-state index in [0.717, 1.165) is 29.5 Å². The van der Waals surface area contributed by atoms with Gasteiger partial charge in [-0.05, 0) is 46.9 Å². The molecule has 1 N–H and O–H groups in total. The summed E-state index contributed by atoms with van der Waals surface area (Å²) < 4.78 is 39.4. The van der Waals surface area contributed by atoms with Crippen molar-refractivity contribution in [2.75, 3.05) is 0 Å². The normalized spacial score (nSPS) is 11.4. The highest BCUT2D eigenvalue weighted by atomic mass is 127. The van der Waals surface area contributed by atoms with Crippen LogP contribution in [0.4, 0.5) is 4.39 Å². The Morgan fingerprint density at radius 3 is 2.48 bits per heavy atom. The van der Waals surface area contributed by atoms with Crippen molar-refractivity contribution in [1.82, 2.24) is 4.72 Å². The van der Waals surface area contributed by atoms with Crippen LogP contribution in [0.15, 0.2) is 29.2 Å². The van der Waals surface area contributed by atoms with Gasteiger partial charge in [-0.25, -0.2) is 17.5 Å². The highest BCUT2D eigenvalue weighted by molar-refractivity contribution is 14.1. The van der Waals surface area contributed by atoms with Gasteiger partial charge in [-0.3, -0.25) is 4.79 Å². The van der Waals surface area contributed by atoms with Gasteiger partial charge in [0, 0.05) is 3.57 Å². The lowest BCUT2D eigenvalue weighted by Crippen LogP contribution is -2.31. The minimum Gasteiger partial charge on any atom is -0.268 e. The SMILES string of the molecule is O=C(NS(=O)(=O)c1cc(Cl)sc1Cl)c1ccc(F)cc1I. The first-order valence-corrected chi connectivity index (χ1v) is 9.31. The largest absolute Gasteiger partial charge is 0.268 e. The average Bonchev–Trinajstić information content (AvgIpc) is 2.68. The molecule has 0 atom stereocenters. The van der Waals surface area contributed by atoms with Gasteiger partial charge in [0.15, 0.2) is 0 Å². The topological polar surface area (TPSA) is 63.2 Å². The van der Waals surface area contributed by atoms with Crippen LogP contribution in [-0.4, -0.2) is 14.3 Å². The molecule has 0 aliphatic carbocycles. The third-order valence-corrected chi connectivity index (χ3v) is 6.29. The molecule has 0 bridgehead atoms. The molecule has 0 saturated carbocycles. The number of carbonyl (C=O) groups is 1. The number of hydrogen-bond donors (Lipinski definition) is 1. The van der Waals surface area contributed by atoms with E-state index in [2.05, 4.69) is 0 Å². The van der Waals surface area contributed by atoms with Crippen molar-refractivity contribution in [2.24, 2.45) is 0 Å². The molecule has 1 aromatic heterocycles. The van der Waals surface area contributed by atoms with Crippen LogP contribution in [0.2, 0.25) is 8.67 Å². The maximum atomic E-state index is 13.0. The molecular formula is C11H5Cl2FINO3S2. The fraction of sp³-hybridized carbons (Fsp3) is 0. The van der Waals surface area contributed by atoms with Crippen LogP contribution in [0.25, 0.3) is 0 Å². The number of halogens is 4. The number of nitrogens with one attached hydrogen (secondary N) is 1. The lowest BCUT2D eigenvalue weighted by Gasteiger charge is -2.07. The lowest BCUT2D eigenvalue weighted by molar-refractivity contribution is 0.0980. The Hall–Kier alpha value is -0.420. The van der Waals surface area contributed by atoms with Crippen molar-refractivity contribution in [3.8, 4) is 0 Å². The number of rotatable bonds is 3. The second-order valence-electron chi connectivity index (χ2n) is 3.75. The summed E-state index contributed by atoms with van der Waals surface area (Å²) in [5, 5.41) is 0. The number of thiophene rings is 1. The van der Waals surface area contributed by atoms with Crippen molar-refractivity contribution >= 4 is 73.1 Å². The standard InChI is InChI=1S/C11H5Cl2FINO3S2/c12-9-4-8(10(13)20-9)21(18,19)16-11(17)6-2-1-5(14)3-7(6)15/h1-4H,(H,16,17). The Labute approximate surface area is 147 Å². The van der Waals surface area contributed by atoms with E-state index in [-0.39, 0.29) is 22.7 Å². The summed E-state index contributed by atoms with van der Waals surface area (Å²) in [5.41, 5.74) is 0.0398. The predicted molar refractivity (Wildman–Crippen MR) is 88.1 cm³/mol. The molecule has 2 rings (SSSR count). The second kappa shape index (κ2) is 6.37. The smallest absolute Gasteiger partial charge is 0.266 e. The molecule has 10 heteroatoms. The van der Waals surface area contributed by atoms with E-state index in [1.165, 1.54) is 6.07 Å². The van der Waals surface area contributed by atoms with E-state index >= 15 is 0 Å². The first kappa shape index (κ1) is 16.9. The number of carbonyl (C=O) groups excluding carboxylic acids is 1. The van der Waals surface area contributed by atoms with Crippen LogP contribution in [0.5, 0.6) is 0 Å². The summed E-state index contributed by atoms with van der Waals surface area (Å²) in [7, 11) is -4.15. The molecule has 0 fully saturated rings. The van der Waals surface area contributed by atoms with Gasteiger partial charge in [0.05, 0.1) is 9.90 Å². The van der Waals surface area contributed by atoms with Crippen molar-refractivity contribution in [1.29, 1.82) is 0 Å². The highest BCUT2D eigenvalue weighted by Crippen LogP contribution is 2.34. The Morgan fingerprint density at radius 1 is 1.29 bits per heavy atom. The molecule has 4 nitrogen and oxygen atoms in total. The van der Waals surface area contributed by atoms with Crippen molar-refractivity contribution in [3.63, 3.8) is 0 Å².